The van der Waals surface area contributed by atoms with Crippen molar-refractivity contribution in [3.63, 3.8) is 0 Å². The lowest BCUT2D eigenvalue weighted by Crippen LogP contribution is -2.63. The zero-order chi connectivity index (χ0) is 15.4. The van der Waals surface area contributed by atoms with Crippen molar-refractivity contribution >= 4 is 11.9 Å². The first-order valence-electron chi connectivity index (χ1n) is 7.62. The number of amides is 1. The van der Waals surface area contributed by atoms with Crippen LogP contribution in [-0.2, 0) is 9.59 Å². The molecule has 0 radical (unpaired) electrons. The van der Waals surface area contributed by atoms with Gasteiger partial charge in [0.05, 0.1) is 5.54 Å². The second-order valence-corrected chi connectivity index (χ2v) is 6.36. The number of hydrogen-bond donors (Lipinski definition) is 3. The second-order valence-electron chi connectivity index (χ2n) is 6.36. The Morgan fingerprint density at radius 2 is 1.90 bits per heavy atom. The van der Waals surface area contributed by atoms with Gasteiger partial charge in [-0.05, 0) is 44.9 Å². The number of hydrogen-bond acceptors (Lipinski definition) is 3. The first kappa shape index (κ1) is 17.0. The number of nitrogens with two attached hydrogens (primary N) is 1. The summed E-state index contributed by atoms with van der Waals surface area (Å²) < 4.78 is 0. The van der Waals surface area contributed by atoms with Crippen LogP contribution in [0.3, 0.4) is 0 Å². The van der Waals surface area contributed by atoms with Gasteiger partial charge in [0.15, 0.2) is 0 Å². The maximum atomic E-state index is 12.3. The molecule has 20 heavy (non-hydrogen) atoms. The second kappa shape index (κ2) is 6.57. The van der Waals surface area contributed by atoms with Crippen LogP contribution in [0, 0.1) is 5.92 Å². The number of carboxylic acids is 1. The highest BCUT2D eigenvalue weighted by Crippen LogP contribution is 2.34. The Morgan fingerprint density at radius 1 is 1.35 bits per heavy atom. The van der Waals surface area contributed by atoms with Crippen molar-refractivity contribution in [2.75, 3.05) is 0 Å². The van der Waals surface area contributed by atoms with Crippen molar-refractivity contribution in [2.45, 2.75) is 76.8 Å². The molecule has 0 heterocycles. The minimum absolute atomic E-state index is 0.350. The average molecular weight is 284 g/mol. The maximum Gasteiger partial charge on any atom is 0.329 e. The highest BCUT2D eigenvalue weighted by molar-refractivity contribution is 5.91. The van der Waals surface area contributed by atoms with Crippen LogP contribution in [0.4, 0.5) is 0 Å². The van der Waals surface area contributed by atoms with Gasteiger partial charge in [-0.2, -0.15) is 0 Å². The van der Waals surface area contributed by atoms with Crippen LogP contribution >= 0.6 is 0 Å². The Hall–Kier alpha value is -1.10. The SMILES string of the molecule is CCCC(C)(N)C(=O)NC1(C(=O)O)CCC(CC)CC1. The molecule has 1 atom stereocenters. The molecule has 5 heteroatoms. The normalized spacial score (nSPS) is 29.5. The monoisotopic (exact) mass is 284 g/mol. The van der Waals surface area contributed by atoms with Gasteiger partial charge in [0.1, 0.15) is 5.54 Å². The summed E-state index contributed by atoms with van der Waals surface area (Å²) in [6.45, 7) is 5.74. The predicted octanol–water partition coefficient (Wildman–Crippen LogP) is 2.04. The number of rotatable bonds is 6. The van der Waals surface area contributed by atoms with Crippen LogP contribution < -0.4 is 11.1 Å². The summed E-state index contributed by atoms with van der Waals surface area (Å²) in [5, 5.41) is 12.3. The number of carbonyl (C=O) groups is 2. The van der Waals surface area contributed by atoms with Crippen molar-refractivity contribution in [2.24, 2.45) is 11.7 Å². The van der Waals surface area contributed by atoms with Crippen LogP contribution in [0.2, 0.25) is 0 Å². The zero-order valence-electron chi connectivity index (χ0n) is 12.9. The van der Waals surface area contributed by atoms with Crippen LogP contribution in [0.15, 0.2) is 0 Å². The van der Waals surface area contributed by atoms with Gasteiger partial charge in [0.2, 0.25) is 5.91 Å². The van der Waals surface area contributed by atoms with Gasteiger partial charge in [-0.1, -0.05) is 26.7 Å². The lowest BCUT2D eigenvalue weighted by Gasteiger charge is -2.39. The molecule has 1 saturated carbocycles. The van der Waals surface area contributed by atoms with E-state index < -0.39 is 17.0 Å². The third kappa shape index (κ3) is 3.72. The number of nitrogens with one attached hydrogen (secondary N) is 1. The summed E-state index contributed by atoms with van der Waals surface area (Å²) in [5.74, 6) is -0.719. The van der Waals surface area contributed by atoms with E-state index in [2.05, 4.69) is 12.2 Å². The Labute approximate surface area is 121 Å². The highest BCUT2D eigenvalue weighted by Gasteiger charge is 2.45. The first-order chi connectivity index (χ1) is 9.27. The fourth-order valence-corrected chi connectivity index (χ4v) is 2.96. The standard InChI is InChI=1S/C15H28N2O3/c1-4-8-14(3,16)12(18)17-15(13(19)20)9-6-11(5-2)7-10-15/h11H,4-10,16H2,1-3H3,(H,17,18)(H,19,20). The molecule has 0 spiro atoms. The summed E-state index contributed by atoms with van der Waals surface area (Å²) in [7, 11) is 0. The van der Waals surface area contributed by atoms with Crippen LogP contribution in [0.1, 0.15) is 65.7 Å². The third-order valence-electron chi connectivity index (χ3n) is 4.59. The van der Waals surface area contributed by atoms with Crippen LogP contribution in [-0.4, -0.2) is 28.1 Å². The number of aliphatic carboxylic acids is 1. The van der Waals surface area contributed by atoms with Gasteiger partial charge >= 0.3 is 5.97 Å². The summed E-state index contributed by atoms with van der Waals surface area (Å²) in [6.07, 6.45) is 5.08. The van der Waals surface area contributed by atoms with E-state index >= 15 is 0 Å². The molecule has 1 fully saturated rings. The van der Waals surface area contributed by atoms with E-state index in [-0.39, 0.29) is 5.91 Å². The molecule has 1 rings (SSSR count). The van der Waals surface area contributed by atoms with Crippen molar-refractivity contribution in [3.05, 3.63) is 0 Å². The Bertz CT molecular complexity index is 358. The molecule has 0 aromatic rings. The molecular weight excluding hydrogens is 256 g/mol. The zero-order valence-corrected chi connectivity index (χ0v) is 12.9. The van der Waals surface area contributed by atoms with E-state index in [1.807, 2.05) is 6.92 Å². The van der Waals surface area contributed by atoms with E-state index in [1.165, 1.54) is 0 Å². The molecule has 0 aliphatic heterocycles. The summed E-state index contributed by atoms with van der Waals surface area (Å²) in [4.78, 5) is 23.9. The Morgan fingerprint density at radius 3 is 2.30 bits per heavy atom. The van der Waals surface area contributed by atoms with Gasteiger partial charge in [-0.3, -0.25) is 4.79 Å². The number of carboxylic acid groups (broad SMARTS) is 1. The minimum Gasteiger partial charge on any atom is -0.480 e. The van der Waals surface area contributed by atoms with Gasteiger partial charge in [0, 0.05) is 0 Å². The van der Waals surface area contributed by atoms with Crippen molar-refractivity contribution < 1.29 is 14.7 Å². The summed E-state index contributed by atoms with van der Waals surface area (Å²) in [5.41, 5.74) is 3.87. The van der Waals surface area contributed by atoms with E-state index in [0.717, 1.165) is 25.7 Å². The van der Waals surface area contributed by atoms with Crippen molar-refractivity contribution in [1.82, 2.24) is 5.32 Å². The topological polar surface area (TPSA) is 92.4 Å². The van der Waals surface area contributed by atoms with Gasteiger partial charge < -0.3 is 16.2 Å². The van der Waals surface area contributed by atoms with Gasteiger partial charge in [0.25, 0.3) is 0 Å². The molecular formula is C15H28N2O3. The molecule has 1 unspecified atom stereocenters. The van der Waals surface area contributed by atoms with Gasteiger partial charge in [-0.25, -0.2) is 4.79 Å². The first-order valence-corrected chi connectivity index (χ1v) is 7.62. The largest absolute Gasteiger partial charge is 0.480 e. The molecule has 1 aliphatic carbocycles. The fourth-order valence-electron chi connectivity index (χ4n) is 2.96. The van der Waals surface area contributed by atoms with E-state index in [4.69, 9.17) is 5.73 Å². The van der Waals surface area contributed by atoms with Crippen LogP contribution in [0.5, 0.6) is 0 Å². The molecule has 0 saturated heterocycles. The minimum atomic E-state index is -1.13. The molecule has 116 valence electrons. The highest BCUT2D eigenvalue weighted by atomic mass is 16.4. The van der Waals surface area contributed by atoms with Crippen LogP contribution in [0.25, 0.3) is 0 Å². The molecule has 0 aromatic carbocycles. The van der Waals surface area contributed by atoms with Gasteiger partial charge in [-0.15, -0.1) is 0 Å². The van der Waals surface area contributed by atoms with Crippen molar-refractivity contribution in [1.29, 1.82) is 0 Å². The van der Waals surface area contributed by atoms with E-state index in [1.54, 1.807) is 6.92 Å². The summed E-state index contributed by atoms with van der Waals surface area (Å²) in [6, 6.07) is 0. The third-order valence-corrected chi connectivity index (χ3v) is 4.59. The Kier molecular flexibility index (Phi) is 5.57. The van der Waals surface area contributed by atoms with E-state index in [0.29, 0.717) is 25.2 Å². The molecule has 0 aromatic heterocycles. The Balaban J connectivity index is 2.79. The maximum absolute atomic E-state index is 12.3. The molecule has 1 amide bonds. The smallest absolute Gasteiger partial charge is 0.329 e. The lowest BCUT2D eigenvalue weighted by atomic mass is 9.75. The lowest BCUT2D eigenvalue weighted by molar-refractivity contribution is -0.150. The average Bonchev–Trinajstić information content (AvgIpc) is 2.39. The fraction of sp³-hybridized carbons (Fsp3) is 0.867. The molecule has 0 bridgehead atoms. The van der Waals surface area contributed by atoms with E-state index in [9.17, 15) is 14.7 Å². The number of carbonyl (C=O) groups excluding carboxylic acids is 1. The predicted molar refractivity (Wildman–Crippen MR) is 78.3 cm³/mol. The molecule has 5 nitrogen and oxygen atoms in total. The molecule has 1 aliphatic rings. The molecule has 4 N–H and O–H groups in total. The van der Waals surface area contributed by atoms with Crippen molar-refractivity contribution in [3.8, 4) is 0 Å². The quantitative estimate of drug-likeness (QED) is 0.696. The summed E-state index contributed by atoms with van der Waals surface area (Å²) >= 11 is 0.